The minimum absolute atomic E-state index is 0.591. The number of benzene rings is 2. The summed E-state index contributed by atoms with van der Waals surface area (Å²) in [5, 5.41) is 0. The zero-order valence-corrected chi connectivity index (χ0v) is 28.1. The van der Waals surface area contributed by atoms with Gasteiger partial charge in [-0.2, -0.15) is 0 Å². The van der Waals surface area contributed by atoms with E-state index in [9.17, 15) is 0 Å². The Balaban J connectivity index is 2.46. The van der Waals surface area contributed by atoms with Gasteiger partial charge in [0.1, 0.15) is 16.1 Å². The van der Waals surface area contributed by atoms with E-state index >= 15 is 0 Å². The van der Waals surface area contributed by atoms with Gasteiger partial charge in [-0.15, -0.1) is 11.1 Å². The van der Waals surface area contributed by atoms with E-state index in [4.69, 9.17) is 0 Å². The third kappa shape index (κ3) is 5.16. The molecule has 0 N–H and O–H groups in total. The summed E-state index contributed by atoms with van der Waals surface area (Å²) < 4.78 is 0. The minimum atomic E-state index is -1.92. The van der Waals surface area contributed by atoms with Crippen LogP contribution in [0.5, 0.6) is 0 Å². The topological polar surface area (TPSA) is 0 Å². The molecule has 1 aliphatic carbocycles. The fraction of sp³-hybridized carbons (Fsp3) is 0.500. The Labute approximate surface area is 236 Å². The standard InChI is InChI=1S/C36H50Si2/c1-25(2)37(26(3)4,27(5)6)23-21-31(22-24-38(28(7)8,29(9)10)30(11)12)36-34-19-15-13-17-32(34)33-18-14-16-20-35(33)36/h13-20,25-30H,1-12H3. The normalized spacial score (nSPS) is 13.2. The quantitative estimate of drug-likeness (QED) is 0.216. The number of hydrogen-bond acceptors (Lipinski definition) is 0. The van der Waals surface area contributed by atoms with E-state index in [1.165, 1.54) is 27.8 Å². The van der Waals surface area contributed by atoms with E-state index in [1.807, 2.05) is 0 Å². The first-order valence-corrected chi connectivity index (χ1v) is 19.3. The van der Waals surface area contributed by atoms with Crippen LogP contribution in [0.1, 0.15) is 94.2 Å². The Kier molecular flexibility index (Phi) is 9.45. The second kappa shape index (κ2) is 11.9. The summed E-state index contributed by atoms with van der Waals surface area (Å²) >= 11 is 0. The van der Waals surface area contributed by atoms with Crippen LogP contribution in [0.4, 0.5) is 0 Å². The summed E-state index contributed by atoms with van der Waals surface area (Å²) in [4.78, 5) is 0. The second-order valence-electron chi connectivity index (χ2n) is 13.1. The summed E-state index contributed by atoms with van der Waals surface area (Å²) in [5.74, 6) is 7.72. The van der Waals surface area contributed by atoms with Crippen LogP contribution in [0.25, 0.3) is 16.7 Å². The van der Waals surface area contributed by atoms with E-state index in [-0.39, 0.29) is 0 Å². The van der Waals surface area contributed by atoms with Gasteiger partial charge in [-0.1, -0.05) is 143 Å². The second-order valence-corrected chi connectivity index (χ2v) is 24.3. The van der Waals surface area contributed by atoms with Crippen LogP contribution in [0, 0.1) is 22.9 Å². The molecule has 202 valence electrons. The maximum absolute atomic E-state index is 4.04. The van der Waals surface area contributed by atoms with Gasteiger partial charge >= 0.3 is 0 Å². The lowest BCUT2D eigenvalue weighted by Gasteiger charge is -2.38. The summed E-state index contributed by atoms with van der Waals surface area (Å²) in [5.41, 5.74) is 19.1. The van der Waals surface area contributed by atoms with Gasteiger partial charge in [0.25, 0.3) is 0 Å². The monoisotopic (exact) mass is 538 g/mol. The highest BCUT2D eigenvalue weighted by Gasteiger charge is 2.43. The first-order chi connectivity index (χ1) is 17.8. The van der Waals surface area contributed by atoms with Gasteiger partial charge < -0.3 is 0 Å². The molecule has 0 heterocycles. The van der Waals surface area contributed by atoms with Crippen molar-refractivity contribution in [2.24, 2.45) is 0 Å². The highest BCUT2D eigenvalue weighted by Crippen LogP contribution is 2.46. The molecule has 2 heteroatoms. The molecular formula is C36H50Si2. The molecule has 0 amide bonds. The SMILES string of the molecule is CC(C)[Si](C#CC(C#C[Si](C(C)C)(C(C)C)C(C)C)=C1c2ccccc2-c2ccccc21)(C(C)C)C(C)C. The lowest BCUT2D eigenvalue weighted by atomic mass is 9.99. The van der Waals surface area contributed by atoms with Crippen LogP contribution in [-0.2, 0) is 0 Å². The lowest BCUT2D eigenvalue weighted by molar-refractivity contribution is 0.838. The van der Waals surface area contributed by atoms with Crippen molar-refractivity contribution in [1.82, 2.24) is 0 Å². The largest absolute Gasteiger partial charge is 0.146 e. The van der Waals surface area contributed by atoms with Crippen LogP contribution in [0.15, 0.2) is 54.1 Å². The van der Waals surface area contributed by atoms with Crippen molar-refractivity contribution in [3.8, 4) is 34.1 Å². The Hall–Kier alpha value is -2.27. The summed E-state index contributed by atoms with van der Waals surface area (Å²) in [7, 11) is -3.83. The number of fused-ring (bicyclic) bond motifs is 3. The first-order valence-electron chi connectivity index (χ1n) is 14.8. The van der Waals surface area contributed by atoms with Crippen LogP contribution < -0.4 is 0 Å². The highest BCUT2D eigenvalue weighted by atomic mass is 28.3. The van der Waals surface area contributed by atoms with E-state index in [1.54, 1.807) is 0 Å². The third-order valence-electron chi connectivity index (χ3n) is 9.47. The molecule has 0 saturated heterocycles. The number of rotatable bonds is 6. The maximum atomic E-state index is 4.04. The zero-order chi connectivity index (χ0) is 28.4. The van der Waals surface area contributed by atoms with Crippen molar-refractivity contribution < 1.29 is 0 Å². The van der Waals surface area contributed by atoms with Crippen LogP contribution in [-0.4, -0.2) is 16.1 Å². The molecule has 2 aromatic carbocycles. The predicted molar refractivity (Wildman–Crippen MR) is 176 cm³/mol. The van der Waals surface area contributed by atoms with Crippen molar-refractivity contribution >= 4 is 21.7 Å². The van der Waals surface area contributed by atoms with Gasteiger partial charge in [-0.3, -0.25) is 0 Å². The minimum Gasteiger partial charge on any atom is -0.124 e. The molecule has 0 bridgehead atoms. The zero-order valence-electron chi connectivity index (χ0n) is 26.1. The molecule has 0 unspecified atom stereocenters. The van der Waals surface area contributed by atoms with Gasteiger partial charge in [0.05, 0.1) is 5.57 Å². The molecule has 0 nitrogen and oxygen atoms in total. The molecule has 1 aliphatic rings. The van der Waals surface area contributed by atoms with Crippen molar-refractivity contribution in [2.45, 2.75) is 116 Å². The number of hydrogen-bond donors (Lipinski definition) is 0. The molecule has 0 atom stereocenters. The van der Waals surface area contributed by atoms with Gasteiger partial charge in [-0.25, -0.2) is 0 Å². The fourth-order valence-electron chi connectivity index (χ4n) is 7.65. The Morgan fingerprint density at radius 2 is 0.711 bits per heavy atom. The van der Waals surface area contributed by atoms with Crippen LogP contribution in [0.2, 0.25) is 33.2 Å². The van der Waals surface area contributed by atoms with Crippen LogP contribution >= 0.6 is 0 Å². The fourth-order valence-corrected chi connectivity index (χ4v) is 18.1. The Morgan fingerprint density at radius 3 is 0.974 bits per heavy atom. The van der Waals surface area contributed by atoms with Crippen LogP contribution in [0.3, 0.4) is 0 Å². The predicted octanol–water partition coefficient (Wildman–Crippen LogP) is 10.9. The molecule has 0 fully saturated rings. The van der Waals surface area contributed by atoms with Gasteiger partial charge in [0, 0.05) is 5.57 Å². The molecule has 38 heavy (non-hydrogen) atoms. The van der Waals surface area contributed by atoms with Crippen molar-refractivity contribution in [3.05, 3.63) is 65.2 Å². The van der Waals surface area contributed by atoms with E-state index in [2.05, 4.69) is 155 Å². The lowest BCUT2D eigenvalue weighted by Crippen LogP contribution is -2.43. The molecular weight excluding hydrogens is 489 g/mol. The van der Waals surface area contributed by atoms with Crippen molar-refractivity contribution in [3.63, 3.8) is 0 Å². The molecule has 0 aromatic heterocycles. The van der Waals surface area contributed by atoms with Gasteiger partial charge in [-0.05, 0) is 55.5 Å². The number of allylic oxidation sites excluding steroid dienone is 1. The smallest absolute Gasteiger partial charge is 0.124 e. The molecule has 2 aromatic rings. The van der Waals surface area contributed by atoms with Crippen molar-refractivity contribution in [2.75, 3.05) is 0 Å². The molecule has 3 rings (SSSR count). The van der Waals surface area contributed by atoms with Crippen molar-refractivity contribution in [1.29, 1.82) is 0 Å². The summed E-state index contributed by atoms with van der Waals surface area (Å²) in [6.45, 7) is 28.8. The molecule has 0 aliphatic heterocycles. The molecule has 0 radical (unpaired) electrons. The van der Waals surface area contributed by atoms with E-state index < -0.39 is 16.1 Å². The highest BCUT2D eigenvalue weighted by molar-refractivity contribution is 6.91. The maximum Gasteiger partial charge on any atom is 0.146 e. The third-order valence-corrected chi connectivity index (χ3v) is 22.1. The average Bonchev–Trinajstić information content (AvgIpc) is 3.16. The van der Waals surface area contributed by atoms with E-state index in [0.717, 1.165) is 5.57 Å². The summed E-state index contributed by atoms with van der Waals surface area (Å²) in [6, 6.07) is 17.7. The Bertz CT molecular complexity index is 1150. The molecule has 0 spiro atoms. The Morgan fingerprint density at radius 1 is 0.447 bits per heavy atom. The first kappa shape index (κ1) is 30.3. The van der Waals surface area contributed by atoms with Gasteiger partial charge in [0.15, 0.2) is 0 Å². The summed E-state index contributed by atoms with van der Waals surface area (Å²) in [6.07, 6.45) is 0. The van der Waals surface area contributed by atoms with Gasteiger partial charge in [0.2, 0.25) is 0 Å². The average molecular weight is 539 g/mol. The van der Waals surface area contributed by atoms with E-state index in [0.29, 0.717) is 33.2 Å². The molecule has 0 saturated carbocycles.